The second-order valence-electron chi connectivity index (χ2n) is 6.00. The molecule has 5 N–H and O–H groups in total. The van der Waals surface area contributed by atoms with Crippen LogP contribution < -0.4 is 21.1 Å². The highest BCUT2D eigenvalue weighted by Crippen LogP contribution is 2.31. The largest absolute Gasteiger partial charge is 0.573 e. The number of aliphatic hydroxyl groups is 1. The predicted octanol–water partition coefficient (Wildman–Crippen LogP) is 0.0276. The number of carbonyl (C=O) groups excluding carboxylic acids is 3. The lowest BCUT2D eigenvalue weighted by molar-refractivity contribution is -0.274. The summed E-state index contributed by atoms with van der Waals surface area (Å²) in [5, 5.41) is 13.6. The van der Waals surface area contributed by atoms with Gasteiger partial charge in [-0.1, -0.05) is 11.3 Å². The molecule has 1 aromatic heterocycles. The molecule has 0 aliphatic rings. The predicted molar refractivity (Wildman–Crippen MR) is 101 cm³/mol. The number of anilines is 1. The minimum Gasteiger partial charge on any atom is -0.406 e. The molecule has 1 atom stereocenters. The summed E-state index contributed by atoms with van der Waals surface area (Å²) >= 11 is 0.933. The van der Waals surface area contributed by atoms with Crippen LogP contribution in [0.3, 0.4) is 0 Å². The topological polar surface area (TPSA) is 147 Å². The molecule has 0 saturated heterocycles. The van der Waals surface area contributed by atoms with Gasteiger partial charge in [-0.15, -0.1) is 13.2 Å². The fourth-order valence-corrected chi connectivity index (χ4v) is 3.04. The van der Waals surface area contributed by atoms with Crippen LogP contribution in [0, 0.1) is 0 Å². The van der Waals surface area contributed by atoms with Gasteiger partial charge in [0.15, 0.2) is 5.13 Å². The fourth-order valence-electron chi connectivity index (χ4n) is 2.13. The van der Waals surface area contributed by atoms with E-state index in [0.29, 0.717) is 10.2 Å². The molecule has 164 valence electrons. The number of nitrogens with zero attached hydrogens (tertiary/aromatic N) is 2. The van der Waals surface area contributed by atoms with E-state index in [1.54, 1.807) is 0 Å². The Morgan fingerprint density at radius 2 is 2.07 bits per heavy atom. The molecule has 0 saturated carbocycles. The van der Waals surface area contributed by atoms with Gasteiger partial charge in [0.1, 0.15) is 11.8 Å². The molecule has 1 heterocycles. The number of rotatable bonds is 8. The average Bonchev–Trinajstić information content (AvgIpc) is 3.04. The molecule has 10 nitrogen and oxygen atoms in total. The monoisotopic (exact) mass is 449 g/mol. The number of alkyl halides is 3. The maximum Gasteiger partial charge on any atom is 0.573 e. The van der Waals surface area contributed by atoms with Crippen molar-refractivity contribution in [3.05, 3.63) is 18.2 Å². The molecule has 0 radical (unpaired) electrons. The first-order valence-electron chi connectivity index (χ1n) is 8.33. The van der Waals surface area contributed by atoms with Crippen molar-refractivity contribution in [2.24, 2.45) is 5.73 Å². The summed E-state index contributed by atoms with van der Waals surface area (Å²) in [6.45, 7) is -1.36. The van der Waals surface area contributed by atoms with Gasteiger partial charge in [0, 0.05) is 13.1 Å². The van der Waals surface area contributed by atoms with Crippen molar-refractivity contribution >= 4 is 44.4 Å². The highest BCUT2D eigenvalue weighted by molar-refractivity contribution is 7.22. The van der Waals surface area contributed by atoms with E-state index in [0.717, 1.165) is 28.4 Å². The number of nitrogens with one attached hydrogen (secondary N) is 2. The zero-order valence-corrected chi connectivity index (χ0v) is 16.3. The second-order valence-corrected chi connectivity index (χ2v) is 7.03. The van der Waals surface area contributed by atoms with Gasteiger partial charge in [-0.25, -0.2) is 4.98 Å². The van der Waals surface area contributed by atoms with E-state index in [1.807, 2.05) is 0 Å². The average molecular weight is 449 g/mol. The molecule has 30 heavy (non-hydrogen) atoms. The van der Waals surface area contributed by atoms with Crippen molar-refractivity contribution in [3.63, 3.8) is 0 Å². The highest BCUT2D eigenvalue weighted by atomic mass is 32.1. The zero-order valence-electron chi connectivity index (χ0n) is 15.5. The molecule has 0 unspecified atom stereocenters. The number of hydrogen-bond donors (Lipinski definition) is 4. The van der Waals surface area contributed by atoms with Crippen molar-refractivity contribution in [3.8, 4) is 5.75 Å². The SMILES string of the molecule is CN(CC(=O)Nc1nc2ccc(OC(F)(F)F)cc2s1)C(=O)CNC(=O)[C@H](N)CO. The Morgan fingerprint density at radius 3 is 2.70 bits per heavy atom. The molecule has 14 heteroatoms. The Hall–Kier alpha value is -2.97. The molecule has 0 aliphatic heterocycles. The van der Waals surface area contributed by atoms with Gasteiger partial charge >= 0.3 is 6.36 Å². The standard InChI is InChI=1S/C16H18F3N5O5S/c1-24(13(27)5-21-14(28)9(20)7-25)6-12(26)23-15-22-10-3-2-8(4-11(10)30-15)29-16(17,18)19/h2-4,9,25H,5-7,20H2,1H3,(H,21,28)(H,22,23,26)/t9-/m1/s1. The first-order valence-corrected chi connectivity index (χ1v) is 9.14. The summed E-state index contributed by atoms with van der Waals surface area (Å²) in [6.07, 6.45) is -4.82. The Labute approximate surface area is 171 Å². The van der Waals surface area contributed by atoms with Crippen molar-refractivity contribution in [2.45, 2.75) is 12.4 Å². The summed E-state index contributed by atoms with van der Waals surface area (Å²) < 4.78 is 41.1. The van der Waals surface area contributed by atoms with Gasteiger partial charge in [0.2, 0.25) is 17.7 Å². The number of aliphatic hydroxyl groups excluding tert-OH is 1. The molecule has 1 aromatic carbocycles. The molecular formula is C16H18F3N5O5S. The highest BCUT2D eigenvalue weighted by Gasteiger charge is 2.31. The van der Waals surface area contributed by atoms with Crippen LogP contribution >= 0.6 is 11.3 Å². The van der Waals surface area contributed by atoms with Gasteiger partial charge in [-0.3, -0.25) is 14.4 Å². The number of ether oxygens (including phenoxy) is 1. The van der Waals surface area contributed by atoms with Gasteiger partial charge in [-0.2, -0.15) is 0 Å². The lowest BCUT2D eigenvalue weighted by Gasteiger charge is -2.17. The molecule has 3 amide bonds. The second kappa shape index (κ2) is 9.69. The van der Waals surface area contributed by atoms with Crippen LogP contribution in [0.25, 0.3) is 10.2 Å². The lowest BCUT2D eigenvalue weighted by Crippen LogP contribution is -2.47. The van der Waals surface area contributed by atoms with Crippen molar-refractivity contribution in [2.75, 3.05) is 32.1 Å². The van der Waals surface area contributed by atoms with Gasteiger partial charge in [0.25, 0.3) is 0 Å². The van der Waals surface area contributed by atoms with Crippen LogP contribution in [-0.4, -0.2) is 71.9 Å². The van der Waals surface area contributed by atoms with Gasteiger partial charge in [-0.05, 0) is 12.1 Å². The Bertz CT molecular complexity index is 936. The van der Waals surface area contributed by atoms with E-state index in [4.69, 9.17) is 10.8 Å². The van der Waals surface area contributed by atoms with Crippen molar-refractivity contribution in [1.82, 2.24) is 15.2 Å². The Kier molecular flexibility index (Phi) is 7.53. The van der Waals surface area contributed by atoms with Crippen LogP contribution in [0.15, 0.2) is 18.2 Å². The molecule has 0 spiro atoms. The third kappa shape index (κ3) is 6.82. The van der Waals surface area contributed by atoms with Crippen LogP contribution in [0.4, 0.5) is 18.3 Å². The summed E-state index contributed by atoms with van der Waals surface area (Å²) in [7, 11) is 1.33. The zero-order chi connectivity index (χ0) is 22.5. The third-order valence-electron chi connectivity index (χ3n) is 3.59. The molecule has 0 fully saturated rings. The summed E-state index contributed by atoms with van der Waals surface area (Å²) in [4.78, 5) is 40.6. The lowest BCUT2D eigenvalue weighted by atomic mass is 10.3. The normalized spacial score (nSPS) is 12.3. The summed E-state index contributed by atoms with van der Waals surface area (Å²) in [6, 6.07) is 2.40. The number of halogens is 3. The van der Waals surface area contributed by atoms with Crippen LogP contribution in [0.5, 0.6) is 5.75 Å². The Morgan fingerprint density at radius 1 is 1.37 bits per heavy atom. The number of nitrogens with two attached hydrogens (primary N) is 1. The van der Waals surface area contributed by atoms with E-state index in [-0.39, 0.29) is 11.7 Å². The molecule has 0 aliphatic carbocycles. The quantitative estimate of drug-likeness (QED) is 0.445. The van der Waals surface area contributed by atoms with E-state index in [9.17, 15) is 27.6 Å². The van der Waals surface area contributed by atoms with Gasteiger partial charge < -0.3 is 31.1 Å². The molecular weight excluding hydrogens is 431 g/mol. The number of benzene rings is 1. The first kappa shape index (κ1) is 23.3. The van der Waals surface area contributed by atoms with Crippen LogP contribution in [-0.2, 0) is 14.4 Å². The molecule has 2 aromatic rings. The van der Waals surface area contributed by atoms with Crippen LogP contribution in [0.2, 0.25) is 0 Å². The third-order valence-corrected chi connectivity index (χ3v) is 4.53. The van der Waals surface area contributed by atoms with E-state index < -0.39 is 49.0 Å². The Balaban J connectivity index is 1.91. The maximum atomic E-state index is 12.3. The number of fused-ring (bicyclic) bond motifs is 1. The number of thiazole rings is 1. The van der Waals surface area contributed by atoms with Crippen molar-refractivity contribution < 1.29 is 37.4 Å². The van der Waals surface area contributed by atoms with E-state index in [1.165, 1.54) is 13.1 Å². The minimum atomic E-state index is -4.82. The van der Waals surface area contributed by atoms with E-state index in [2.05, 4.69) is 20.4 Å². The van der Waals surface area contributed by atoms with Crippen LogP contribution in [0.1, 0.15) is 0 Å². The van der Waals surface area contributed by atoms with Gasteiger partial charge in [0.05, 0.1) is 29.9 Å². The maximum absolute atomic E-state index is 12.3. The number of amides is 3. The summed E-state index contributed by atoms with van der Waals surface area (Å²) in [5.41, 5.74) is 5.65. The minimum absolute atomic E-state index is 0.127. The number of hydrogen-bond acceptors (Lipinski definition) is 8. The first-order chi connectivity index (χ1) is 14.0. The molecule has 0 bridgehead atoms. The van der Waals surface area contributed by atoms with Crippen molar-refractivity contribution in [1.29, 1.82) is 0 Å². The number of likely N-dealkylation sites (N-methyl/N-ethyl adjacent to an activating group) is 1. The molecule has 2 rings (SSSR count). The number of aromatic nitrogens is 1. The summed E-state index contributed by atoms with van der Waals surface area (Å²) in [5.74, 6) is -2.31. The smallest absolute Gasteiger partial charge is 0.406 e. The van der Waals surface area contributed by atoms with E-state index >= 15 is 0 Å². The fraction of sp³-hybridized carbons (Fsp3) is 0.375. The number of carbonyl (C=O) groups is 3.